The van der Waals surface area contributed by atoms with Crippen molar-refractivity contribution in [3.8, 4) is 17.2 Å². The SMILES string of the molecule is CC[C@@]1(O)C[C@H](O[C@H]2C[C@H](N(C)C)[C@H](O)[C@@H](C)O2)c2cc3c(c(O)c2[C@H]1O[C@H]1C[C@H](N(C)C)[C@H](O)[C@@H](C)O1)C(=O)c1c(O)ccc(O)c1C3=O. The van der Waals surface area contributed by atoms with Crippen molar-refractivity contribution in [2.45, 2.75) is 113 Å². The molecule has 14 heteroatoms. The van der Waals surface area contributed by atoms with E-state index < -0.39 is 100 Å². The normalized spacial score (nSPS) is 35.6. The standard InChI is InChI=1S/C36H48N2O12/c1-8-36(46)14-23(49-24-12-19(37(4)5)30(41)15(2)47-24)17-11-18-26(34(45)29-22(40)10-9-21(39)28(29)32(18)43)33(44)27(17)35(36)50-25-13-20(38(6)7)31(42)16(3)48-25/h9-11,15-16,19-20,23-25,30-31,35,39-42,44,46H,8,12-14H2,1-7H3/t15-,16-,19+,20+,23+,24+,25+,30-,31-,35-,36-/m1/s1. The van der Waals surface area contributed by atoms with Crippen molar-refractivity contribution in [2.24, 2.45) is 0 Å². The smallest absolute Gasteiger partial charge is 0.202 e. The van der Waals surface area contributed by atoms with E-state index in [1.54, 1.807) is 20.8 Å². The first-order valence-corrected chi connectivity index (χ1v) is 17.1. The van der Waals surface area contributed by atoms with Gasteiger partial charge in [-0.1, -0.05) is 6.92 Å². The van der Waals surface area contributed by atoms with Gasteiger partial charge in [0.15, 0.2) is 18.4 Å². The molecule has 2 heterocycles. The van der Waals surface area contributed by atoms with Crippen molar-refractivity contribution in [2.75, 3.05) is 28.2 Å². The minimum atomic E-state index is -1.71. The molecule has 2 saturated heterocycles. The molecule has 6 rings (SSSR count). The molecular formula is C36H48N2O12. The van der Waals surface area contributed by atoms with Crippen molar-refractivity contribution in [3.05, 3.63) is 51.6 Å². The predicted molar refractivity (Wildman–Crippen MR) is 177 cm³/mol. The number of carbonyl (C=O) groups excluding carboxylic acids is 2. The van der Waals surface area contributed by atoms with Crippen LogP contribution in [0.4, 0.5) is 0 Å². The lowest BCUT2D eigenvalue weighted by molar-refractivity contribution is -0.289. The van der Waals surface area contributed by atoms with Crippen LogP contribution in [-0.2, 0) is 18.9 Å². The van der Waals surface area contributed by atoms with E-state index in [1.807, 2.05) is 38.0 Å². The molecule has 0 amide bonds. The van der Waals surface area contributed by atoms with Crippen LogP contribution in [0, 0.1) is 0 Å². The largest absolute Gasteiger partial charge is 0.507 e. The molecule has 2 fully saturated rings. The fourth-order valence-corrected chi connectivity index (χ4v) is 8.00. The Morgan fingerprint density at radius 1 is 0.820 bits per heavy atom. The van der Waals surface area contributed by atoms with Gasteiger partial charge in [-0.3, -0.25) is 9.59 Å². The molecule has 0 radical (unpaired) electrons. The molecule has 2 aliphatic carbocycles. The predicted octanol–water partition coefficient (Wildman–Crippen LogP) is 2.09. The summed E-state index contributed by atoms with van der Waals surface area (Å²) in [6, 6.07) is 2.94. The Labute approximate surface area is 290 Å². The van der Waals surface area contributed by atoms with Crippen molar-refractivity contribution >= 4 is 11.6 Å². The maximum Gasteiger partial charge on any atom is 0.202 e. The summed E-state index contributed by atoms with van der Waals surface area (Å²) in [5.74, 6) is -3.37. The number of likely N-dealkylation sites (N-methyl/N-ethyl adjacent to an activating group) is 2. The second-order valence-corrected chi connectivity index (χ2v) is 14.5. The van der Waals surface area contributed by atoms with Crippen LogP contribution in [0.1, 0.15) is 102 Å². The third-order valence-corrected chi connectivity index (χ3v) is 11.0. The molecule has 14 nitrogen and oxygen atoms in total. The van der Waals surface area contributed by atoms with Crippen LogP contribution in [0.15, 0.2) is 18.2 Å². The molecule has 0 aromatic heterocycles. The monoisotopic (exact) mass is 700 g/mol. The van der Waals surface area contributed by atoms with E-state index in [1.165, 1.54) is 6.07 Å². The van der Waals surface area contributed by atoms with Crippen LogP contribution < -0.4 is 0 Å². The van der Waals surface area contributed by atoms with Crippen LogP contribution in [-0.4, -0.2) is 135 Å². The topological polar surface area (TPSA) is 199 Å². The van der Waals surface area contributed by atoms with Gasteiger partial charge >= 0.3 is 0 Å². The number of carbonyl (C=O) groups is 2. The van der Waals surface area contributed by atoms with Crippen LogP contribution in [0.25, 0.3) is 0 Å². The highest BCUT2D eigenvalue weighted by Gasteiger charge is 2.53. The first kappa shape index (κ1) is 36.6. The summed E-state index contributed by atoms with van der Waals surface area (Å²) in [6.07, 6.45) is -6.42. The van der Waals surface area contributed by atoms with E-state index in [0.29, 0.717) is 0 Å². The highest BCUT2D eigenvalue weighted by Crippen LogP contribution is 2.55. The summed E-state index contributed by atoms with van der Waals surface area (Å²) >= 11 is 0. The maximum absolute atomic E-state index is 14.0. The van der Waals surface area contributed by atoms with Crippen molar-refractivity contribution in [1.82, 2.24) is 9.80 Å². The highest BCUT2D eigenvalue weighted by molar-refractivity contribution is 6.31. The van der Waals surface area contributed by atoms with Crippen LogP contribution in [0.2, 0.25) is 0 Å². The number of fused-ring (bicyclic) bond motifs is 3. The zero-order valence-corrected chi connectivity index (χ0v) is 29.4. The number of aliphatic hydroxyl groups excluding tert-OH is 2. The summed E-state index contributed by atoms with van der Waals surface area (Å²) in [7, 11) is 7.32. The maximum atomic E-state index is 14.0. The Morgan fingerprint density at radius 2 is 1.32 bits per heavy atom. The minimum absolute atomic E-state index is 0.00502. The Kier molecular flexibility index (Phi) is 9.82. The summed E-state index contributed by atoms with van der Waals surface area (Å²) in [4.78, 5) is 31.7. The molecule has 0 unspecified atom stereocenters. The number of aliphatic hydroxyl groups is 3. The van der Waals surface area contributed by atoms with E-state index in [2.05, 4.69) is 0 Å². The third-order valence-electron chi connectivity index (χ3n) is 11.0. The fourth-order valence-electron chi connectivity index (χ4n) is 8.00. The van der Waals surface area contributed by atoms with Gasteiger partial charge in [0, 0.05) is 42.5 Å². The summed E-state index contributed by atoms with van der Waals surface area (Å²) in [5.41, 5.74) is -2.91. The van der Waals surface area contributed by atoms with E-state index in [4.69, 9.17) is 18.9 Å². The van der Waals surface area contributed by atoms with E-state index in [0.717, 1.165) is 12.1 Å². The lowest BCUT2D eigenvalue weighted by Crippen LogP contribution is -2.55. The van der Waals surface area contributed by atoms with Crippen LogP contribution in [0.3, 0.4) is 0 Å². The number of ketones is 2. The fraction of sp³-hybridized carbons (Fsp3) is 0.611. The average Bonchev–Trinajstić information content (AvgIpc) is 3.05. The first-order valence-electron chi connectivity index (χ1n) is 17.1. The molecule has 11 atom stereocenters. The molecule has 0 saturated carbocycles. The Bertz CT molecular complexity index is 1660. The van der Waals surface area contributed by atoms with Crippen LogP contribution in [0.5, 0.6) is 17.2 Å². The third kappa shape index (κ3) is 5.99. The van der Waals surface area contributed by atoms with Gasteiger partial charge in [0.25, 0.3) is 0 Å². The Hall–Kier alpha value is -3.18. The summed E-state index contributed by atoms with van der Waals surface area (Å²) < 4.78 is 25.2. The average molecular weight is 701 g/mol. The Morgan fingerprint density at radius 3 is 1.82 bits per heavy atom. The van der Waals surface area contributed by atoms with Gasteiger partial charge in [-0.25, -0.2) is 0 Å². The molecule has 50 heavy (non-hydrogen) atoms. The molecule has 274 valence electrons. The van der Waals surface area contributed by atoms with Crippen molar-refractivity contribution in [1.29, 1.82) is 0 Å². The molecule has 6 N–H and O–H groups in total. The second-order valence-electron chi connectivity index (χ2n) is 14.5. The number of phenols is 3. The molecular weight excluding hydrogens is 652 g/mol. The number of ether oxygens (including phenoxy) is 4. The van der Waals surface area contributed by atoms with E-state index in [-0.39, 0.29) is 54.5 Å². The van der Waals surface area contributed by atoms with Crippen molar-refractivity contribution < 1.29 is 59.2 Å². The van der Waals surface area contributed by atoms with E-state index >= 15 is 0 Å². The van der Waals surface area contributed by atoms with Gasteiger partial charge in [-0.05, 0) is 72.2 Å². The molecule has 0 spiro atoms. The number of benzene rings is 2. The Balaban J connectivity index is 1.50. The minimum Gasteiger partial charge on any atom is -0.507 e. The van der Waals surface area contributed by atoms with Gasteiger partial charge in [-0.15, -0.1) is 0 Å². The van der Waals surface area contributed by atoms with Gasteiger partial charge in [0.1, 0.15) is 23.4 Å². The number of hydrogen-bond acceptors (Lipinski definition) is 14. The summed E-state index contributed by atoms with van der Waals surface area (Å²) in [5, 5.41) is 67.3. The van der Waals surface area contributed by atoms with Gasteiger partial charge in [0.2, 0.25) is 5.78 Å². The van der Waals surface area contributed by atoms with Crippen LogP contribution >= 0.6 is 0 Å². The second kappa shape index (κ2) is 13.4. The zero-order chi connectivity index (χ0) is 36.6. The molecule has 0 bridgehead atoms. The van der Waals surface area contributed by atoms with Gasteiger partial charge in [-0.2, -0.15) is 0 Å². The molecule has 2 aromatic carbocycles. The quantitative estimate of drug-likeness (QED) is 0.196. The number of nitrogens with zero attached hydrogens (tertiary/aromatic N) is 2. The molecule has 4 aliphatic rings. The number of aromatic hydroxyl groups is 3. The molecule has 2 aromatic rings. The first-order chi connectivity index (χ1) is 23.5. The van der Waals surface area contributed by atoms with Crippen molar-refractivity contribution in [3.63, 3.8) is 0 Å². The highest BCUT2D eigenvalue weighted by atomic mass is 16.7. The van der Waals surface area contributed by atoms with Gasteiger partial charge in [0.05, 0.1) is 52.8 Å². The molecule has 2 aliphatic heterocycles. The van der Waals surface area contributed by atoms with Gasteiger partial charge < -0.3 is 59.4 Å². The number of hydrogen-bond donors (Lipinski definition) is 6. The van der Waals surface area contributed by atoms with E-state index in [9.17, 15) is 40.2 Å². The number of phenolic OH excluding ortho intramolecular Hbond substituents is 3. The zero-order valence-electron chi connectivity index (χ0n) is 29.4. The summed E-state index contributed by atoms with van der Waals surface area (Å²) in [6.45, 7) is 5.18. The lowest BCUT2D eigenvalue weighted by Gasteiger charge is -2.48. The number of rotatable bonds is 7. The lowest BCUT2D eigenvalue weighted by atomic mass is 9.71.